The number of para-hydroxylation sites is 1. The van der Waals surface area contributed by atoms with Crippen LogP contribution in [0.3, 0.4) is 0 Å². The van der Waals surface area contributed by atoms with E-state index in [-0.39, 0.29) is 0 Å². The van der Waals surface area contributed by atoms with Crippen molar-refractivity contribution in [1.82, 2.24) is 15.0 Å². The lowest BCUT2D eigenvalue weighted by Crippen LogP contribution is -2.26. The van der Waals surface area contributed by atoms with Crippen molar-refractivity contribution in [2.45, 2.75) is 12.3 Å². The van der Waals surface area contributed by atoms with Gasteiger partial charge in [-0.1, -0.05) is 213 Å². The topological polar surface area (TPSA) is 65.0 Å². The van der Waals surface area contributed by atoms with E-state index in [1.165, 1.54) is 50.1 Å². The molecule has 3 aromatic heterocycles. The quantitative estimate of drug-likeness (QED) is 0.142. The number of aromatic nitrogens is 3. The minimum absolute atomic E-state index is 0.439. The predicted octanol–water partition coefficient (Wildman–Crippen LogP) is 18.5. The molecule has 10 aromatic carbocycles. The largest absolute Gasteiger partial charge is 0.456 e. The van der Waals surface area contributed by atoms with E-state index in [4.69, 9.17) is 23.8 Å². The number of rotatable bonds is 8. The van der Waals surface area contributed by atoms with E-state index < -0.39 is 5.41 Å². The summed E-state index contributed by atoms with van der Waals surface area (Å²) in [5.41, 5.74) is 22.5. The Hall–Kier alpha value is -9.97. The minimum atomic E-state index is -0.439. The lowest BCUT2D eigenvalue weighted by Gasteiger charge is -2.32. The van der Waals surface area contributed by atoms with Crippen LogP contribution >= 0.6 is 0 Å². The highest BCUT2D eigenvalue weighted by molar-refractivity contribution is 6.14. The average Bonchev–Trinajstić information content (AvgIpc) is 4.42. The van der Waals surface area contributed by atoms with Gasteiger partial charge in [-0.2, -0.15) is 0 Å². The van der Waals surface area contributed by atoms with Crippen molar-refractivity contribution in [1.29, 1.82) is 0 Å². The molecule has 0 amide bonds. The lowest BCUT2D eigenvalue weighted by atomic mass is 9.69. The van der Waals surface area contributed by atoms with Gasteiger partial charge in [0.05, 0.1) is 5.41 Å². The van der Waals surface area contributed by atoms with Crippen molar-refractivity contribution in [3.05, 3.63) is 277 Å². The molecule has 3 heterocycles. The molecule has 0 aliphatic heterocycles. The summed E-state index contributed by atoms with van der Waals surface area (Å²) in [6.07, 6.45) is 6.23. The first kappa shape index (κ1) is 43.6. The van der Waals surface area contributed by atoms with Crippen molar-refractivity contribution in [2.75, 3.05) is 0 Å². The van der Waals surface area contributed by atoms with E-state index in [1.54, 1.807) is 0 Å². The Morgan fingerprint density at radius 1 is 0.368 bits per heavy atom. The van der Waals surface area contributed by atoms with E-state index in [9.17, 15) is 0 Å². The van der Waals surface area contributed by atoms with E-state index >= 15 is 0 Å². The second kappa shape index (κ2) is 17.1. The van der Waals surface area contributed by atoms with Gasteiger partial charge in [0.25, 0.3) is 0 Å². The molecule has 1 spiro atoms. The van der Waals surface area contributed by atoms with Crippen LogP contribution in [0, 0.1) is 0 Å². The molecule has 356 valence electrons. The normalized spacial score (nSPS) is 14.6. The monoisotopic (exact) mass is 971 g/mol. The summed E-state index contributed by atoms with van der Waals surface area (Å²) in [6, 6.07) is 79.5. The van der Waals surface area contributed by atoms with Gasteiger partial charge in [0.1, 0.15) is 22.3 Å². The first-order chi connectivity index (χ1) is 37.5. The van der Waals surface area contributed by atoms with Crippen LogP contribution in [-0.4, -0.2) is 15.0 Å². The number of hydrogen-bond acceptors (Lipinski definition) is 5. The Morgan fingerprint density at radius 2 is 0.842 bits per heavy atom. The Morgan fingerprint density at radius 3 is 1.54 bits per heavy atom. The molecule has 1 unspecified atom stereocenters. The van der Waals surface area contributed by atoms with Crippen molar-refractivity contribution >= 4 is 49.5 Å². The standard InChI is InChI=1S/C71H45N3O2/c1-3-4-23-58-43(2)51-18-8-11-24-59(51)71(58)60-25-12-9-19-52(60)53-39-37-50(42-61(53)71)47-31-29-46(30-32-47)49-38-40-63-57(41-49)67-56(22-15-28-65(67)76-63)70-73-68(48-35-33-45(34-36-48)44-16-6-5-7-17-44)72-69(74-70)55-21-14-27-64-66(55)54-20-10-13-26-62(54)75-64/h3-42H,1H2,2H3/b23-4-. The zero-order valence-electron chi connectivity index (χ0n) is 41.5. The molecule has 1 atom stereocenters. The van der Waals surface area contributed by atoms with Crippen molar-refractivity contribution in [2.24, 2.45) is 0 Å². The lowest BCUT2D eigenvalue weighted by molar-refractivity contribution is 0.668. The molecule has 0 radical (unpaired) electrons. The maximum Gasteiger partial charge on any atom is 0.164 e. The Kier molecular flexibility index (Phi) is 9.78. The maximum atomic E-state index is 6.62. The van der Waals surface area contributed by atoms with Crippen LogP contribution in [0.5, 0.6) is 0 Å². The summed E-state index contributed by atoms with van der Waals surface area (Å²) in [5, 5.41) is 3.90. The second-order valence-corrected chi connectivity index (χ2v) is 19.8. The molecule has 0 fully saturated rings. The number of benzene rings is 10. The van der Waals surface area contributed by atoms with Crippen LogP contribution in [0.2, 0.25) is 0 Å². The molecule has 0 saturated heterocycles. The van der Waals surface area contributed by atoms with Crippen LogP contribution in [0.4, 0.5) is 0 Å². The number of hydrogen-bond donors (Lipinski definition) is 0. The Balaban J connectivity index is 0.840. The third kappa shape index (κ3) is 6.55. The van der Waals surface area contributed by atoms with Gasteiger partial charge in [-0.05, 0) is 121 Å². The van der Waals surface area contributed by atoms with Gasteiger partial charge >= 0.3 is 0 Å². The third-order valence-corrected chi connectivity index (χ3v) is 15.8. The Labute approximate surface area is 439 Å². The van der Waals surface area contributed by atoms with E-state index in [0.29, 0.717) is 17.5 Å². The molecule has 0 N–H and O–H groups in total. The molecule has 13 aromatic rings. The van der Waals surface area contributed by atoms with Crippen LogP contribution in [0.1, 0.15) is 29.2 Å². The first-order valence-electron chi connectivity index (χ1n) is 25.8. The number of fused-ring (bicyclic) bond motifs is 13. The molecule has 15 rings (SSSR count). The van der Waals surface area contributed by atoms with E-state index in [1.807, 2.05) is 54.6 Å². The van der Waals surface area contributed by atoms with Gasteiger partial charge in [-0.15, -0.1) is 0 Å². The van der Waals surface area contributed by atoms with E-state index in [2.05, 4.69) is 202 Å². The fourth-order valence-corrected chi connectivity index (χ4v) is 12.4. The highest BCUT2D eigenvalue weighted by atomic mass is 16.3. The summed E-state index contributed by atoms with van der Waals surface area (Å²) in [7, 11) is 0. The molecule has 0 bridgehead atoms. The highest BCUT2D eigenvalue weighted by Crippen LogP contribution is 2.62. The molecule has 2 aliphatic carbocycles. The van der Waals surface area contributed by atoms with E-state index in [0.717, 1.165) is 88.4 Å². The molecule has 5 heteroatoms. The summed E-state index contributed by atoms with van der Waals surface area (Å²) in [4.78, 5) is 15.8. The third-order valence-electron chi connectivity index (χ3n) is 15.8. The Bertz CT molecular complexity index is 4590. The molecule has 2 aliphatic rings. The van der Waals surface area contributed by atoms with Crippen LogP contribution in [0.25, 0.3) is 128 Å². The number of nitrogens with zero attached hydrogens (tertiary/aromatic N) is 3. The fourth-order valence-electron chi connectivity index (χ4n) is 12.4. The van der Waals surface area contributed by atoms with Crippen molar-refractivity contribution in [3.63, 3.8) is 0 Å². The first-order valence-corrected chi connectivity index (χ1v) is 25.8. The number of allylic oxidation sites excluding steroid dienone is 5. The summed E-state index contributed by atoms with van der Waals surface area (Å²) >= 11 is 0. The van der Waals surface area contributed by atoms with Crippen LogP contribution < -0.4 is 0 Å². The maximum absolute atomic E-state index is 6.62. The van der Waals surface area contributed by atoms with Gasteiger partial charge in [-0.3, -0.25) is 0 Å². The summed E-state index contributed by atoms with van der Waals surface area (Å²) in [6.45, 7) is 6.31. The van der Waals surface area contributed by atoms with Crippen molar-refractivity contribution in [3.8, 4) is 78.7 Å². The summed E-state index contributed by atoms with van der Waals surface area (Å²) in [5.74, 6) is 1.68. The molecular weight excluding hydrogens is 927 g/mol. The second-order valence-electron chi connectivity index (χ2n) is 19.8. The number of furan rings is 2. The smallest absolute Gasteiger partial charge is 0.164 e. The average molecular weight is 972 g/mol. The zero-order valence-corrected chi connectivity index (χ0v) is 41.5. The molecule has 0 saturated carbocycles. The molecule has 76 heavy (non-hydrogen) atoms. The highest BCUT2D eigenvalue weighted by Gasteiger charge is 2.51. The molecular formula is C71H45N3O2. The van der Waals surface area contributed by atoms with Crippen LogP contribution in [-0.2, 0) is 5.41 Å². The van der Waals surface area contributed by atoms with Crippen molar-refractivity contribution < 1.29 is 8.83 Å². The van der Waals surface area contributed by atoms with Gasteiger partial charge in [-0.25, -0.2) is 15.0 Å². The van der Waals surface area contributed by atoms with Gasteiger partial charge in [0, 0.05) is 38.2 Å². The zero-order chi connectivity index (χ0) is 50.5. The predicted molar refractivity (Wildman–Crippen MR) is 311 cm³/mol. The van der Waals surface area contributed by atoms with Crippen LogP contribution in [0.15, 0.2) is 264 Å². The summed E-state index contributed by atoms with van der Waals surface area (Å²) < 4.78 is 13.0. The van der Waals surface area contributed by atoms with Gasteiger partial charge in [0.2, 0.25) is 0 Å². The van der Waals surface area contributed by atoms with Gasteiger partial charge < -0.3 is 8.83 Å². The minimum Gasteiger partial charge on any atom is -0.456 e. The molecule has 5 nitrogen and oxygen atoms in total. The fraction of sp³-hybridized carbons (Fsp3) is 0.0282. The SMILES string of the molecule is C=C/C=C\C1=C(C)c2ccccc2C12c1ccccc1-c1ccc(-c3ccc(-c4ccc5oc6cccc(-c7nc(-c8ccc(-c9ccccc9)cc8)nc(-c8cccc9oc%10ccccc%10c89)n7)c6c5c4)cc3)cc12. The van der Waals surface area contributed by atoms with Gasteiger partial charge in [0.15, 0.2) is 17.5 Å².